The lowest BCUT2D eigenvalue weighted by Gasteiger charge is -2.15. The second kappa shape index (κ2) is 6.15. The Hall–Kier alpha value is -1.68. The van der Waals surface area contributed by atoms with E-state index in [1.807, 2.05) is 0 Å². The van der Waals surface area contributed by atoms with Gasteiger partial charge in [0.05, 0.1) is 0 Å². The Balaban J connectivity index is 2.75. The number of nitrogens with one attached hydrogen (secondary N) is 1. The first-order valence-corrected chi connectivity index (χ1v) is 5.42. The van der Waals surface area contributed by atoms with Crippen LogP contribution in [-0.4, -0.2) is 12.8 Å². The van der Waals surface area contributed by atoms with E-state index in [4.69, 9.17) is 5.73 Å². The Kier molecular flexibility index (Phi) is 4.84. The molecule has 4 heteroatoms. The first kappa shape index (κ1) is 13.4. The highest BCUT2D eigenvalue weighted by Crippen LogP contribution is 2.17. The maximum atomic E-state index is 12.8. The van der Waals surface area contributed by atoms with Crippen LogP contribution >= 0.6 is 0 Å². The van der Waals surface area contributed by atoms with Gasteiger partial charge in [0.15, 0.2) is 5.78 Å². The van der Waals surface area contributed by atoms with Crippen LogP contribution in [0.5, 0.6) is 0 Å². The van der Waals surface area contributed by atoms with Crippen molar-refractivity contribution in [3.63, 3.8) is 0 Å². The maximum absolute atomic E-state index is 12.8. The number of hydrogen-bond acceptors (Lipinski definition) is 3. The van der Waals surface area contributed by atoms with Crippen LogP contribution in [0.4, 0.5) is 4.39 Å². The summed E-state index contributed by atoms with van der Waals surface area (Å²) in [6.45, 7) is 1.67. The SMILES string of the molecule is CNC(CC(=O)/C=C(/C)N)c1ccc(F)cc1. The fraction of sp³-hybridized carbons (Fsp3) is 0.308. The lowest BCUT2D eigenvalue weighted by atomic mass is 10.0. The van der Waals surface area contributed by atoms with Gasteiger partial charge in [-0.2, -0.15) is 0 Å². The average Bonchev–Trinajstić information content (AvgIpc) is 2.26. The van der Waals surface area contributed by atoms with Gasteiger partial charge in [0, 0.05) is 18.2 Å². The number of halogens is 1. The van der Waals surface area contributed by atoms with E-state index in [0.29, 0.717) is 12.1 Å². The Bertz CT molecular complexity index is 408. The minimum Gasteiger partial charge on any atom is -0.402 e. The normalized spacial score (nSPS) is 13.5. The van der Waals surface area contributed by atoms with E-state index < -0.39 is 0 Å². The van der Waals surface area contributed by atoms with Crippen molar-refractivity contribution in [1.29, 1.82) is 0 Å². The van der Waals surface area contributed by atoms with Crippen molar-refractivity contribution in [3.05, 3.63) is 47.4 Å². The number of carbonyl (C=O) groups is 1. The van der Waals surface area contributed by atoms with Gasteiger partial charge in [-0.15, -0.1) is 0 Å². The first-order valence-electron chi connectivity index (χ1n) is 5.42. The number of allylic oxidation sites excluding steroid dienone is 2. The van der Waals surface area contributed by atoms with Crippen molar-refractivity contribution in [2.75, 3.05) is 7.05 Å². The van der Waals surface area contributed by atoms with Crippen LogP contribution in [0.1, 0.15) is 24.9 Å². The fourth-order valence-corrected chi connectivity index (χ4v) is 1.60. The van der Waals surface area contributed by atoms with Gasteiger partial charge >= 0.3 is 0 Å². The predicted molar refractivity (Wildman–Crippen MR) is 65.8 cm³/mol. The Morgan fingerprint density at radius 1 is 1.47 bits per heavy atom. The van der Waals surface area contributed by atoms with Crippen LogP contribution in [0.25, 0.3) is 0 Å². The van der Waals surface area contributed by atoms with E-state index in [1.165, 1.54) is 18.2 Å². The lowest BCUT2D eigenvalue weighted by molar-refractivity contribution is -0.115. The molecule has 0 heterocycles. The molecule has 0 aliphatic rings. The first-order chi connectivity index (χ1) is 8.02. The van der Waals surface area contributed by atoms with Crippen LogP contribution in [0.2, 0.25) is 0 Å². The quantitative estimate of drug-likeness (QED) is 0.768. The maximum Gasteiger partial charge on any atom is 0.159 e. The van der Waals surface area contributed by atoms with Gasteiger partial charge in [-0.05, 0) is 37.7 Å². The second-order valence-electron chi connectivity index (χ2n) is 3.95. The van der Waals surface area contributed by atoms with Crippen LogP contribution in [0.3, 0.4) is 0 Å². The minimum absolute atomic E-state index is 0.0475. The molecule has 0 fully saturated rings. The molecule has 92 valence electrons. The molecule has 3 N–H and O–H groups in total. The van der Waals surface area contributed by atoms with Gasteiger partial charge < -0.3 is 11.1 Å². The molecule has 0 bridgehead atoms. The van der Waals surface area contributed by atoms with Gasteiger partial charge in [-0.1, -0.05) is 12.1 Å². The summed E-state index contributed by atoms with van der Waals surface area (Å²) in [5, 5.41) is 3.03. The summed E-state index contributed by atoms with van der Waals surface area (Å²) in [4.78, 5) is 11.6. The third kappa shape index (κ3) is 4.36. The summed E-state index contributed by atoms with van der Waals surface area (Å²) in [7, 11) is 1.76. The molecule has 0 saturated carbocycles. The molecule has 0 radical (unpaired) electrons. The highest BCUT2D eigenvalue weighted by atomic mass is 19.1. The van der Waals surface area contributed by atoms with E-state index in [-0.39, 0.29) is 17.6 Å². The van der Waals surface area contributed by atoms with E-state index in [9.17, 15) is 9.18 Å². The molecular weight excluding hydrogens is 219 g/mol. The van der Waals surface area contributed by atoms with Gasteiger partial charge in [0.2, 0.25) is 0 Å². The minimum atomic E-state index is -0.285. The van der Waals surface area contributed by atoms with Gasteiger partial charge in [0.1, 0.15) is 5.82 Å². The van der Waals surface area contributed by atoms with Crippen molar-refractivity contribution >= 4 is 5.78 Å². The Morgan fingerprint density at radius 2 is 2.06 bits per heavy atom. The topological polar surface area (TPSA) is 55.1 Å². The molecule has 1 atom stereocenters. The van der Waals surface area contributed by atoms with E-state index in [1.54, 1.807) is 26.1 Å². The number of benzene rings is 1. The van der Waals surface area contributed by atoms with Gasteiger partial charge in [0.25, 0.3) is 0 Å². The Morgan fingerprint density at radius 3 is 2.53 bits per heavy atom. The summed E-state index contributed by atoms with van der Waals surface area (Å²) in [5.41, 5.74) is 6.81. The molecule has 0 aromatic heterocycles. The monoisotopic (exact) mass is 236 g/mol. The van der Waals surface area contributed by atoms with E-state index >= 15 is 0 Å². The van der Waals surface area contributed by atoms with Crippen molar-refractivity contribution in [1.82, 2.24) is 5.32 Å². The summed E-state index contributed by atoms with van der Waals surface area (Å²) in [6, 6.07) is 5.98. The Labute approximate surface area is 101 Å². The highest BCUT2D eigenvalue weighted by Gasteiger charge is 2.12. The number of ketones is 1. The highest BCUT2D eigenvalue weighted by molar-refractivity contribution is 5.90. The molecule has 17 heavy (non-hydrogen) atoms. The fourth-order valence-electron chi connectivity index (χ4n) is 1.60. The second-order valence-corrected chi connectivity index (χ2v) is 3.95. The number of rotatable bonds is 5. The standard InChI is InChI=1S/C13H17FN2O/c1-9(15)7-12(17)8-13(16-2)10-3-5-11(14)6-4-10/h3-7,13,16H,8,15H2,1-2H3/b9-7-. The van der Waals surface area contributed by atoms with Crippen molar-refractivity contribution < 1.29 is 9.18 Å². The van der Waals surface area contributed by atoms with Gasteiger partial charge in [-0.3, -0.25) is 4.79 Å². The molecule has 3 nitrogen and oxygen atoms in total. The van der Waals surface area contributed by atoms with E-state index in [2.05, 4.69) is 5.32 Å². The predicted octanol–water partition coefficient (Wildman–Crippen LogP) is 1.91. The van der Waals surface area contributed by atoms with E-state index in [0.717, 1.165) is 5.56 Å². The molecule has 1 unspecified atom stereocenters. The van der Waals surface area contributed by atoms with Crippen molar-refractivity contribution in [2.24, 2.45) is 5.73 Å². The third-order valence-corrected chi connectivity index (χ3v) is 2.41. The average molecular weight is 236 g/mol. The molecule has 1 aromatic carbocycles. The van der Waals surface area contributed by atoms with Crippen molar-refractivity contribution in [3.8, 4) is 0 Å². The summed E-state index contributed by atoms with van der Waals surface area (Å²) < 4.78 is 12.8. The van der Waals surface area contributed by atoms with Crippen LogP contribution in [0.15, 0.2) is 36.0 Å². The summed E-state index contributed by atoms with van der Waals surface area (Å²) in [6.07, 6.45) is 1.71. The van der Waals surface area contributed by atoms with Gasteiger partial charge in [-0.25, -0.2) is 4.39 Å². The van der Waals surface area contributed by atoms with Crippen LogP contribution in [-0.2, 0) is 4.79 Å². The number of carbonyl (C=O) groups excluding carboxylic acids is 1. The van der Waals surface area contributed by atoms with Crippen molar-refractivity contribution in [2.45, 2.75) is 19.4 Å². The molecule has 0 amide bonds. The molecule has 0 spiro atoms. The number of hydrogen-bond donors (Lipinski definition) is 2. The summed E-state index contributed by atoms with van der Waals surface area (Å²) in [5.74, 6) is -0.332. The molecule has 0 aliphatic heterocycles. The zero-order valence-corrected chi connectivity index (χ0v) is 10.0. The number of nitrogens with two attached hydrogens (primary N) is 1. The molecule has 0 saturated heterocycles. The third-order valence-electron chi connectivity index (χ3n) is 2.41. The largest absolute Gasteiger partial charge is 0.402 e. The smallest absolute Gasteiger partial charge is 0.159 e. The zero-order valence-electron chi connectivity index (χ0n) is 10.0. The zero-order chi connectivity index (χ0) is 12.8. The molecule has 1 rings (SSSR count). The molecule has 1 aromatic rings. The van der Waals surface area contributed by atoms with Crippen LogP contribution < -0.4 is 11.1 Å². The lowest BCUT2D eigenvalue weighted by Crippen LogP contribution is -2.19. The molecule has 0 aliphatic carbocycles. The summed E-state index contributed by atoms with van der Waals surface area (Å²) >= 11 is 0. The molecular formula is C13H17FN2O. The van der Waals surface area contributed by atoms with Crippen LogP contribution in [0, 0.1) is 5.82 Å².